The molecule has 0 aliphatic heterocycles. The molecule has 2 heterocycles. The van der Waals surface area contributed by atoms with Gasteiger partial charge in [-0.3, -0.25) is 14.2 Å². The van der Waals surface area contributed by atoms with Crippen LogP contribution < -0.4 is 10.9 Å². The molecule has 0 bridgehead atoms. The molecule has 4 rings (SSSR count). The van der Waals surface area contributed by atoms with E-state index in [2.05, 4.69) is 10.3 Å². The lowest BCUT2D eigenvalue weighted by molar-refractivity contribution is -0.143. The summed E-state index contributed by atoms with van der Waals surface area (Å²) in [6.45, 7) is 7.94. The number of halogens is 1. The quantitative estimate of drug-likeness (QED) is 0.307. The molecule has 218 valence electrons. The molecule has 40 heavy (non-hydrogen) atoms. The zero-order chi connectivity index (χ0) is 29.3. The third kappa shape index (κ3) is 6.86. The number of rotatable bonds is 10. The first-order valence-corrected chi connectivity index (χ1v) is 14.0. The number of aromatic hydroxyl groups is 1. The van der Waals surface area contributed by atoms with Crippen molar-refractivity contribution in [2.45, 2.75) is 78.2 Å². The summed E-state index contributed by atoms with van der Waals surface area (Å²) in [7, 11) is 0. The molecule has 1 aromatic carbocycles. The highest BCUT2D eigenvalue weighted by Crippen LogP contribution is 2.32. The van der Waals surface area contributed by atoms with Gasteiger partial charge in [0.2, 0.25) is 0 Å². The molecule has 1 aliphatic carbocycles. The first-order chi connectivity index (χ1) is 19.3. The Hall–Kier alpha value is -3.34. The highest BCUT2D eigenvalue weighted by Gasteiger charge is 2.35. The number of carbonyl (C=O) groups excluding carboxylic acids is 1. The van der Waals surface area contributed by atoms with Crippen LogP contribution in [-0.2, 0) is 16.0 Å². The molecule has 2 aromatic heterocycles. The van der Waals surface area contributed by atoms with Crippen molar-refractivity contribution in [2.24, 2.45) is 0 Å². The van der Waals surface area contributed by atoms with Crippen LogP contribution >= 0.6 is 0 Å². The second-order valence-electron chi connectivity index (χ2n) is 9.53. The smallest absolute Gasteiger partial charge is 0.269 e. The fourth-order valence-electron chi connectivity index (χ4n) is 5.02. The van der Waals surface area contributed by atoms with Crippen molar-refractivity contribution in [3.05, 3.63) is 58.3 Å². The van der Waals surface area contributed by atoms with Gasteiger partial charge in [-0.25, -0.2) is 9.37 Å². The Morgan fingerprint density at radius 1 is 1.10 bits per heavy atom. The summed E-state index contributed by atoms with van der Waals surface area (Å²) in [5, 5.41) is 24.4. The second kappa shape index (κ2) is 14.3. The first-order valence-electron chi connectivity index (χ1n) is 14.0. The number of benzene rings is 1. The molecule has 1 saturated carbocycles. The number of nitrogens with one attached hydrogen (secondary N) is 1. The Bertz CT molecular complexity index is 1330. The van der Waals surface area contributed by atoms with Crippen molar-refractivity contribution < 1.29 is 28.9 Å². The Kier molecular flexibility index (Phi) is 11.2. The molecular formula is C30H40FN3O6. The van der Waals surface area contributed by atoms with Gasteiger partial charge in [0.15, 0.2) is 6.29 Å². The lowest BCUT2D eigenvalue weighted by Crippen LogP contribution is -2.53. The number of nitrogens with zero attached hydrogens (tertiary/aromatic N) is 2. The normalized spacial score (nSPS) is 14.6. The topological polar surface area (TPSA) is 123 Å². The second-order valence-corrected chi connectivity index (χ2v) is 9.53. The van der Waals surface area contributed by atoms with Gasteiger partial charge in [-0.05, 0) is 50.5 Å². The maximum atomic E-state index is 13.7. The SMILES string of the molecule is CC.CCOC(Cn1c(=O)c(C(=O)NC2(CO)CCCCC2)c(O)c2cc(-c3ccc(F)cc3)cnc21)OCC. The number of aliphatic hydroxyl groups is 1. The van der Waals surface area contributed by atoms with E-state index >= 15 is 0 Å². The van der Waals surface area contributed by atoms with Gasteiger partial charge in [0.25, 0.3) is 11.5 Å². The van der Waals surface area contributed by atoms with Crippen LogP contribution in [0.15, 0.2) is 41.3 Å². The molecule has 0 spiro atoms. The highest BCUT2D eigenvalue weighted by molar-refractivity contribution is 6.02. The van der Waals surface area contributed by atoms with Crippen molar-refractivity contribution in [2.75, 3.05) is 19.8 Å². The number of carbonyl (C=O) groups is 1. The minimum absolute atomic E-state index is 0.0639. The van der Waals surface area contributed by atoms with E-state index in [0.29, 0.717) is 37.2 Å². The average molecular weight is 558 g/mol. The molecule has 1 fully saturated rings. The molecule has 3 aromatic rings. The van der Waals surface area contributed by atoms with Gasteiger partial charge in [0.05, 0.1) is 24.1 Å². The average Bonchev–Trinajstić information content (AvgIpc) is 2.97. The largest absolute Gasteiger partial charge is 0.506 e. The number of fused-ring (bicyclic) bond motifs is 1. The molecular weight excluding hydrogens is 517 g/mol. The van der Waals surface area contributed by atoms with E-state index in [0.717, 1.165) is 19.3 Å². The van der Waals surface area contributed by atoms with Crippen LogP contribution in [0.2, 0.25) is 0 Å². The minimum Gasteiger partial charge on any atom is -0.506 e. The molecule has 1 aliphatic rings. The number of hydrogen-bond donors (Lipinski definition) is 3. The Labute approximate surface area is 234 Å². The zero-order valence-electron chi connectivity index (χ0n) is 23.7. The van der Waals surface area contributed by atoms with Gasteiger partial charge in [0, 0.05) is 25.0 Å². The monoisotopic (exact) mass is 557 g/mol. The fraction of sp³-hybridized carbons (Fsp3) is 0.500. The highest BCUT2D eigenvalue weighted by atomic mass is 19.1. The van der Waals surface area contributed by atoms with Gasteiger partial charge in [-0.2, -0.15) is 0 Å². The van der Waals surface area contributed by atoms with Crippen LogP contribution in [0.5, 0.6) is 5.75 Å². The lowest BCUT2D eigenvalue weighted by Gasteiger charge is -2.36. The van der Waals surface area contributed by atoms with Gasteiger partial charge in [0.1, 0.15) is 22.8 Å². The summed E-state index contributed by atoms with van der Waals surface area (Å²) in [5.74, 6) is -1.67. The van der Waals surface area contributed by atoms with E-state index in [1.54, 1.807) is 32.0 Å². The Morgan fingerprint density at radius 3 is 2.30 bits per heavy atom. The summed E-state index contributed by atoms with van der Waals surface area (Å²) in [6.07, 6.45) is 4.56. The van der Waals surface area contributed by atoms with Gasteiger partial charge >= 0.3 is 0 Å². The zero-order valence-corrected chi connectivity index (χ0v) is 23.7. The third-order valence-electron chi connectivity index (χ3n) is 7.01. The van der Waals surface area contributed by atoms with Crippen LogP contribution in [0.25, 0.3) is 22.2 Å². The molecule has 0 unspecified atom stereocenters. The van der Waals surface area contributed by atoms with Crippen LogP contribution in [0.3, 0.4) is 0 Å². The fourth-order valence-corrected chi connectivity index (χ4v) is 5.02. The standard InChI is InChI=1S/C28H34FN3O6.C2H6/c1-3-37-22(38-4-2)16-32-25-21(14-19(15-30-25)18-8-10-20(29)11-9-18)24(34)23(27(32)36)26(35)31-28(17-33)12-6-5-7-13-28;1-2/h8-11,14-15,22,33-34H,3-7,12-13,16-17H2,1-2H3,(H,31,35);1-2H3. The van der Waals surface area contributed by atoms with Crippen molar-refractivity contribution >= 4 is 16.9 Å². The van der Waals surface area contributed by atoms with E-state index in [1.807, 2.05) is 13.8 Å². The summed E-state index contributed by atoms with van der Waals surface area (Å²) in [5.41, 5.74) is -0.694. The van der Waals surface area contributed by atoms with Crippen LogP contribution in [-0.4, -0.2) is 57.3 Å². The van der Waals surface area contributed by atoms with E-state index in [1.165, 1.54) is 22.9 Å². The molecule has 0 atom stereocenters. The maximum absolute atomic E-state index is 13.7. The van der Waals surface area contributed by atoms with Crippen LogP contribution in [0, 0.1) is 5.82 Å². The van der Waals surface area contributed by atoms with E-state index in [-0.39, 0.29) is 24.2 Å². The number of hydrogen-bond acceptors (Lipinski definition) is 7. The predicted octanol–water partition coefficient (Wildman–Crippen LogP) is 4.76. The summed E-state index contributed by atoms with van der Waals surface area (Å²) < 4.78 is 26.0. The van der Waals surface area contributed by atoms with Crippen molar-refractivity contribution in [3.63, 3.8) is 0 Å². The summed E-state index contributed by atoms with van der Waals surface area (Å²) in [4.78, 5) is 31.7. The number of pyridine rings is 2. The Morgan fingerprint density at radius 2 is 1.73 bits per heavy atom. The minimum atomic E-state index is -0.860. The molecule has 0 radical (unpaired) electrons. The van der Waals surface area contributed by atoms with Gasteiger partial charge < -0.3 is 25.0 Å². The van der Waals surface area contributed by atoms with E-state index in [9.17, 15) is 24.2 Å². The lowest BCUT2D eigenvalue weighted by atomic mass is 9.82. The summed E-state index contributed by atoms with van der Waals surface area (Å²) in [6, 6.07) is 7.38. The van der Waals surface area contributed by atoms with Gasteiger partial charge in [-0.1, -0.05) is 45.2 Å². The van der Waals surface area contributed by atoms with E-state index < -0.39 is 40.4 Å². The predicted molar refractivity (Wildman–Crippen MR) is 152 cm³/mol. The molecule has 10 heteroatoms. The van der Waals surface area contributed by atoms with Crippen molar-refractivity contribution in [1.29, 1.82) is 0 Å². The molecule has 0 saturated heterocycles. The van der Waals surface area contributed by atoms with Crippen molar-refractivity contribution in [1.82, 2.24) is 14.9 Å². The third-order valence-corrected chi connectivity index (χ3v) is 7.01. The van der Waals surface area contributed by atoms with E-state index in [4.69, 9.17) is 9.47 Å². The number of aliphatic hydroxyl groups excluding tert-OH is 1. The van der Waals surface area contributed by atoms with Gasteiger partial charge in [-0.15, -0.1) is 0 Å². The van der Waals surface area contributed by atoms with Crippen LogP contribution in [0.1, 0.15) is 70.2 Å². The summed E-state index contributed by atoms with van der Waals surface area (Å²) >= 11 is 0. The molecule has 1 amide bonds. The van der Waals surface area contributed by atoms with Crippen molar-refractivity contribution in [3.8, 4) is 16.9 Å². The first kappa shape index (κ1) is 31.2. The number of amides is 1. The van der Waals surface area contributed by atoms with Crippen LogP contribution in [0.4, 0.5) is 4.39 Å². The Balaban J connectivity index is 0.00000216. The maximum Gasteiger partial charge on any atom is 0.269 e. The number of aromatic nitrogens is 2. The number of ether oxygens (including phenoxy) is 2. The molecule has 3 N–H and O–H groups in total. The molecule has 9 nitrogen and oxygen atoms in total.